The minimum atomic E-state index is 0.0410. The second-order valence-electron chi connectivity index (χ2n) is 8.82. The third-order valence-electron chi connectivity index (χ3n) is 7.16. The number of carbonyl (C=O) groups excluding carboxylic acids is 1. The van der Waals surface area contributed by atoms with Crippen LogP contribution in [-0.4, -0.2) is 61.3 Å². The molecule has 2 aliphatic heterocycles. The fourth-order valence-electron chi connectivity index (χ4n) is 5.75. The Morgan fingerprint density at radius 2 is 1.88 bits per heavy atom. The van der Waals surface area contributed by atoms with Gasteiger partial charge in [0, 0.05) is 31.2 Å². The van der Waals surface area contributed by atoms with Gasteiger partial charge in [-0.1, -0.05) is 13.3 Å². The first kappa shape index (κ1) is 17.7. The van der Waals surface area contributed by atoms with Crippen molar-refractivity contribution in [3.63, 3.8) is 0 Å². The summed E-state index contributed by atoms with van der Waals surface area (Å²) < 4.78 is 5.48. The Morgan fingerprint density at radius 1 is 1.08 bits per heavy atom. The summed E-state index contributed by atoms with van der Waals surface area (Å²) >= 11 is 0. The fourth-order valence-corrected chi connectivity index (χ4v) is 5.75. The van der Waals surface area contributed by atoms with Crippen molar-refractivity contribution < 1.29 is 9.53 Å². The van der Waals surface area contributed by atoms with Crippen molar-refractivity contribution in [1.82, 2.24) is 15.5 Å². The van der Waals surface area contributed by atoms with E-state index in [-0.39, 0.29) is 11.9 Å². The Morgan fingerprint density at radius 3 is 2.68 bits per heavy atom. The number of fused-ring (bicyclic) bond motifs is 1. The highest BCUT2D eigenvalue weighted by Gasteiger charge is 2.42. The highest BCUT2D eigenvalue weighted by atomic mass is 16.5. The van der Waals surface area contributed by atoms with Gasteiger partial charge in [-0.3, -0.25) is 9.69 Å². The van der Waals surface area contributed by atoms with Crippen molar-refractivity contribution >= 4 is 5.91 Å². The molecule has 5 nitrogen and oxygen atoms in total. The van der Waals surface area contributed by atoms with Crippen LogP contribution in [0.4, 0.5) is 0 Å². The predicted molar refractivity (Wildman–Crippen MR) is 98.4 cm³/mol. The number of amides is 1. The van der Waals surface area contributed by atoms with Crippen LogP contribution in [0.3, 0.4) is 0 Å². The maximum Gasteiger partial charge on any atom is 0.237 e. The molecule has 0 aromatic heterocycles. The van der Waals surface area contributed by atoms with E-state index < -0.39 is 0 Å². The van der Waals surface area contributed by atoms with E-state index in [4.69, 9.17) is 4.74 Å². The van der Waals surface area contributed by atoms with E-state index >= 15 is 0 Å². The lowest BCUT2D eigenvalue weighted by atomic mass is 9.78. The van der Waals surface area contributed by atoms with Crippen molar-refractivity contribution in [1.29, 1.82) is 0 Å². The number of ether oxygens (including phenoxy) is 1. The minimum Gasteiger partial charge on any atom is -0.379 e. The van der Waals surface area contributed by atoms with Gasteiger partial charge in [0.2, 0.25) is 5.91 Å². The van der Waals surface area contributed by atoms with Crippen LogP contribution in [0.5, 0.6) is 0 Å². The molecule has 2 saturated carbocycles. The number of hydrogen-bond acceptors (Lipinski definition) is 4. The molecular formula is C20H35N3O2. The van der Waals surface area contributed by atoms with Crippen LogP contribution < -0.4 is 10.6 Å². The summed E-state index contributed by atoms with van der Waals surface area (Å²) in [6.45, 7) is 6.17. The average Bonchev–Trinajstić information content (AvgIpc) is 3.09. The summed E-state index contributed by atoms with van der Waals surface area (Å²) in [7, 11) is 0. The van der Waals surface area contributed by atoms with Crippen molar-refractivity contribution in [2.75, 3.05) is 26.3 Å². The first-order chi connectivity index (χ1) is 12.2. The number of hydrogen-bond donors (Lipinski definition) is 2. The lowest BCUT2D eigenvalue weighted by Crippen LogP contribution is -2.52. The molecule has 0 bridgehead atoms. The zero-order chi connectivity index (χ0) is 17.2. The van der Waals surface area contributed by atoms with Gasteiger partial charge in [0.25, 0.3) is 0 Å². The highest BCUT2D eigenvalue weighted by Crippen LogP contribution is 2.36. The minimum absolute atomic E-state index is 0.0410. The Hall–Kier alpha value is -0.650. The summed E-state index contributed by atoms with van der Waals surface area (Å²) in [4.78, 5) is 15.4. The largest absolute Gasteiger partial charge is 0.379 e. The molecular weight excluding hydrogens is 314 g/mol. The average molecular weight is 350 g/mol. The molecule has 1 amide bonds. The zero-order valence-electron chi connectivity index (χ0n) is 15.7. The van der Waals surface area contributed by atoms with Crippen molar-refractivity contribution in [2.24, 2.45) is 11.8 Å². The summed E-state index contributed by atoms with van der Waals surface area (Å²) in [6, 6.07) is 1.59. The van der Waals surface area contributed by atoms with Gasteiger partial charge < -0.3 is 15.4 Å². The number of morpholine rings is 1. The molecule has 5 heteroatoms. The Kier molecular flexibility index (Phi) is 5.63. The molecule has 0 aromatic carbocycles. The molecule has 2 N–H and O–H groups in total. The van der Waals surface area contributed by atoms with Gasteiger partial charge in [-0.2, -0.15) is 0 Å². The number of carbonyl (C=O) groups is 1. The summed E-state index contributed by atoms with van der Waals surface area (Å²) in [5, 5.41) is 7.06. The lowest BCUT2D eigenvalue weighted by Gasteiger charge is -2.39. The molecule has 142 valence electrons. The van der Waals surface area contributed by atoms with Gasteiger partial charge >= 0.3 is 0 Å². The SMILES string of the molecule is CC1CCCC2CC(C(=O)NC3CCCC(N4CCOCC4)C3)NC12. The topological polar surface area (TPSA) is 53.6 Å². The van der Waals surface area contributed by atoms with E-state index in [2.05, 4.69) is 22.5 Å². The standard InChI is InChI=1S/C20H35N3O2/c1-14-4-2-5-15-12-18(22-19(14)15)20(24)21-16-6-3-7-17(13-16)23-8-10-25-11-9-23/h14-19,22H,2-13H2,1H3,(H,21,24). The third-order valence-corrected chi connectivity index (χ3v) is 7.16. The van der Waals surface area contributed by atoms with Crippen molar-refractivity contribution in [2.45, 2.75) is 82.5 Å². The number of nitrogens with one attached hydrogen (secondary N) is 2. The van der Waals surface area contributed by atoms with Crippen LogP contribution in [0.1, 0.15) is 58.3 Å². The first-order valence-corrected chi connectivity index (χ1v) is 10.6. The van der Waals surface area contributed by atoms with Crippen LogP contribution >= 0.6 is 0 Å². The van der Waals surface area contributed by atoms with E-state index in [1.807, 2.05) is 0 Å². The number of rotatable bonds is 3. The molecule has 6 atom stereocenters. The molecule has 25 heavy (non-hydrogen) atoms. The predicted octanol–water partition coefficient (Wildman–Crippen LogP) is 1.91. The monoisotopic (exact) mass is 349 g/mol. The van der Waals surface area contributed by atoms with Gasteiger partial charge in [-0.05, 0) is 56.8 Å². The molecule has 0 aromatic rings. The van der Waals surface area contributed by atoms with Gasteiger partial charge in [0.1, 0.15) is 0 Å². The highest BCUT2D eigenvalue weighted by molar-refractivity contribution is 5.82. The summed E-state index contributed by atoms with van der Waals surface area (Å²) in [5.41, 5.74) is 0. The summed E-state index contributed by atoms with van der Waals surface area (Å²) in [5.74, 6) is 1.69. The molecule has 6 unspecified atom stereocenters. The van der Waals surface area contributed by atoms with Gasteiger partial charge in [0.05, 0.1) is 19.3 Å². The van der Waals surface area contributed by atoms with Crippen LogP contribution in [0.2, 0.25) is 0 Å². The Balaban J connectivity index is 1.28. The van der Waals surface area contributed by atoms with E-state index in [0.717, 1.165) is 51.5 Å². The molecule has 4 rings (SSSR count). The fraction of sp³-hybridized carbons (Fsp3) is 0.950. The second kappa shape index (κ2) is 7.93. The smallest absolute Gasteiger partial charge is 0.237 e. The van der Waals surface area contributed by atoms with Gasteiger partial charge in [0.15, 0.2) is 0 Å². The third kappa shape index (κ3) is 4.04. The molecule has 2 aliphatic carbocycles. The zero-order valence-corrected chi connectivity index (χ0v) is 15.7. The molecule has 0 spiro atoms. The Labute approximate surface area is 152 Å². The van der Waals surface area contributed by atoms with E-state index in [1.54, 1.807) is 0 Å². The maximum absolute atomic E-state index is 12.8. The maximum atomic E-state index is 12.8. The van der Waals surface area contributed by atoms with Crippen LogP contribution in [-0.2, 0) is 9.53 Å². The normalized spacial score (nSPS) is 42.8. The summed E-state index contributed by atoms with van der Waals surface area (Å²) in [6.07, 6.45) is 9.75. The van der Waals surface area contributed by atoms with Crippen LogP contribution in [0.15, 0.2) is 0 Å². The van der Waals surface area contributed by atoms with Crippen molar-refractivity contribution in [3.8, 4) is 0 Å². The molecule has 4 fully saturated rings. The van der Waals surface area contributed by atoms with E-state index in [9.17, 15) is 4.79 Å². The van der Waals surface area contributed by atoms with Gasteiger partial charge in [-0.15, -0.1) is 0 Å². The van der Waals surface area contributed by atoms with E-state index in [0.29, 0.717) is 24.0 Å². The van der Waals surface area contributed by atoms with Gasteiger partial charge in [-0.25, -0.2) is 0 Å². The lowest BCUT2D eigenvalue weighted by molar-refractivity contribution is -0.124. The molecule has 4 aliphatic rings. The second-order valence-corrected chi connectivity index (χ2v) is 8.82. The van der Waals surface area contributed by atoms with Crippen LogP contribution in [0.25, 0.3) is 0 Å². The quantitative estimate of drug-likeness (QED) is 0.817. The van der Waals surface area contributed by atoms with Crippen LogP contribution in [0, 0.1) is 11.8 Å². The molecule has 2 saturated heterocycles. The number of nitrogens with zero attached hydrogens (tertiary/aromatic N) is 1. The van der Waals surface area contributed by atoms with Crippen molar-refractivity contribution in [3.05, 3.63) is 0 Å². The first-order valence-electron chi connectivity index (χ1n) is 10.6. The molecule has 0 radical (unpaired) electrons. The molecule has 2 heterocycles. The Bertz CT molecular complexity index is 466. The van der Waals surface area contributed by atoms with E-state index in [1.165, 1.54) is 32.1 Å².